The lowest BCUT2D eigenvalue weighted by Crippen LogP contribution is -2.22. The van der Waals surface area contributed by atoms with Gasteiger partial charge in [0.15, 0.2) is 16.2 Å². The molecule has 0 saturated heterocycles. The van der Waals surface area contributed by atoms with Crippen LogP contribution in [-0.4, -0.2) is 24.6 Å². The first kappa shape index (κ1) is 8.82. The normalized spacial score (nSPS) is 12.2. The van der Waals surface area contributed by atoms with Gasteiger partial charge in [-0.2, -0.15) is 0 Å². The summed E-state index contributed by atoms with van der Waals surface area (Å²) in [5.74, 6) is 0. The van der Waals surface area contributed by atoms with E-state index in [2.05, 4.69) is 19.9 Å². The van der Waals surface area contributed by atoms with Crippen LogP contribution in [0, 0.1) is 0 Å². The first-order valence-corrected chi connectivity index (χ1v) is 4.28. The minimum Gasteiger partial charge on any atom is -0.374 e. The number of imidazole rings is 1. The predicted molar refractivity (Wildman–Crippen MR) is 55.2 cm³/mol. The molecule has 6 nitrogen and oxygen atoms in total. The maximum absolute atomic E-state index is 5.35. The van der Waals surface area contributed by atoms with Crippen molar-refractivity contribution in [1.29, 1.82) is 0 Å². The van der Waals surface area contributed by atoms with E-state index in [0.717, 1.165) is 5.52 Å². The Bertz CT molecular complexity index is 551. The van der Waals surface area contributed by atoms with Crippen molar-refractivity contribution in [2.75, 3.05) is 0 Å². The predicted octanol–water partition coefficient (Wildman–Crippen LogP) is -0.559. The maximum Gasteiger partial charge on any atom is 0.192 e. The van der Waals surface area contributed by atoms with E-state index in [9.17, 15) is 0 Å². The van der Waals surface area contributed by atoms with Crippen LogP contribution in [0.4, 0.5) is 0 Å². The van der Waals surface area contributed by atoms with E-state index >= 15 is 0 Å². The standard InChI is InChI=1S/C7H8N6S/c1-13-3-11-5-4(9-2-10-5)6(13)12-7(8)14/h2-3H,1H3,(H2,8,14)(H,9,10). The van der Waals surface area contributed by atoms with Gasteiger partial charge >= 0.3 is 0 Å². The molecule has 0 saturated carbocycles. The van der Waals surface area contributed by atoms with Gasteiger partial charge in [0.2, 0.25) is 0 Å². The summed E-state index contributed by atoms with van der Waals surface area (Å²) in [6, 6.07) is 0. The smallest absolute Gasteiger partial charge is 0.192 e. The summed E-state index contributed by atoms with van der Waals surface area (Å²) in [6.07, 6.45) is 3.16. The summed E-state index contributed by atoms with van der Waals surface area (Å²) in [6.45, 7) is 0. The second kappa shape index (κ2) is 3.18. The zero-order chi connectivity index (χ0) is 10.1. The van der Waals surface area contributed by atoms with Crippen LogP contribution in [0.3, 0.4) is 0 Å². The molecule has 0 unspecified atom stereocenters. The zero-order valence-electron chi connectivity index (χ0n) is 7.43. The van der Waals surface area contributed by atoms with Crippen molar-refractivity contribution in [3.05, 3.63) is 18.1 Å². The number of aryl methyl sites for hydroxylation is 1. The maximum atomic E-state index is 5.35. The number of nitrogens with zero attached hydrogens (tertiary/aromatic N) is 4. The number of H-pyrrole nitrogens is 1. The van der Waals surface area contributed by atoms with Gasteiger partial charge in [0.05, 0.1) is 12.7 Å². The van der Waals surface area contributed by atoms with E-state index in [4.69, 9.17) is 18.0 Å². The van der Waals surface area contributed by atoms with Gasteiger partial charge in [0.25, 0.3) is 0 Å². The van der Waals surface area contributed by atoms with Crippen LogP contribution in [0.5, 0.6) is 0 Å². The molecule has 0 aromatic carbocycles. The summed E-state index contributed by atoms with van der Waals surface area (Å²) >= 11 is 4.72. The Balaban J connectivity index is 2.90. The van der Waals surface area contributed by atoms with Crippen LogP contribution in [0.25, 0.3) is 11.2 Å². The first-order chi connectivity index (χ1) is 6.68. The number of rotatable bonds is 0. The lowest BCUT2D eigenvalue weighted by molar-refractivity contribution is 0.821. The molecular formula is C7H8N6S. The monoisotopic (exact) mass is 208 g/mol. The van der Waals surface area contributed by atoms with Gasteiger partial charge in [-0.3, -0.25) is 0 Å². The third kappa shape index (κ3) is 1.37. The van der Waals surface area contributed by atoms with E-state index in [0.29, 0.717) is 11.1 Å². The first-order valence-electron chi connectivity index (χ1n) is 3.87. The number of aromatic nitrogens is 4. The molecule has 0 aliphatic rings. The van der Waals surface area contributed by atoms with Crippen molar-refractivity contribution in [3.63, 3.8) is 0 Å². The Morgan fingerprint density at radius 2 is 2.43 bits per heavy atom. The highest BCUT2D eigenvalue weighted by Gasteiger charge is 2.01. The lowest BCUT2D eigenvalue weighted by Gasteiger charge is -1.98. The number of hydrogen-bond donors (Lipinski definition) is 2. The van der Waals surface area contributed by atoms with Crippen molar-refractivity contribution < 1.29 is 0 Å². The topological polar surface area (TPSA) is 84.9 Å². The summed E-state index contributed by atoms with van der Waals surface area (Å²) in [5.41, 5.74) is 7.30. The number of hydrogen-bond acceptors (Lipinski definition) is 3. The summed E-state index contributed by atoms with van der Waals surface area (Å²) < 4.78 is 1.72. The molecule has 0 atom stereocenters. The second-order valence-electron chi connectivity index (χ2n) is 2.73. The van der Waals surface area contributed by atoms with Gasteiger partial charge in [-0.1, -0.05) is 0 Å². The highest BCUT2D eigenvalue weighted by atomic mass is 32.1. The fraction of sp³-hybridized carbons (Fsp3) is 0.143. The molecule has 7 heteroatoms. The number of aromatic amines is 1. The summed E-state index contributed by atoms with van der Waals surface area (Å²) in [4.78, 5) is 15.0. The molecule has 0 spiro atoms. The van der Waals surface area contributed by atoms with Crippen LogP contribution >= 0.6 is 12.2 Å². The molecule has 2 aromatic rings. The van der Waals surface area contributed by atoms with E-state index in [1.807, 2.05) is 7.05 Å². The van der Waals surface area contributed by atoms with Crippen LogP contribution in [0.15, 0.2) is 17.6 Å². The van der Waals surface area contributed by atoms with Gasteiger partial charge in [-0.15, -0.1) is 0 Å². The molecule has 0 bridgehead atoms. The molecule has 2 rings (SSSR count). The zero-order valence-corrected chi connectivity index (χ0v) is 8.25. The van der Waals surface area contributed by atoms with Crippen molar-refractivity contribution in [1.82, 2.24) is 19.5 Å². The Kier molecular flexibility index (Phi) is 2.01. The van der Waals surface area contributed by atoms with Crippen molar-refractivity contribution in [2.24, 2.45) is 17.8 Å². The third-order valence-corrected chi connectivity index (χ3v) is 1.84. The van der Waals surface area contributed by atoms with Crippen molar-refractivity contribution in [2.45, 2.75) is 0 Å². The molecule has 2 aromatic heterocycles. The van der Waals surface area contributed by atoms with Crippen LogP contribution < -0.4 is 11.2 Å². The van der Waals surface area contributed by atoms with Gasteiger partial charge in [0, 0.05) is 7.05 Å². The molecule has 0 radical (unpaired) electrons. The van der Waals surface area contributed by atoms with Gasteiger partial charge in [-0.05, 0) is 12.2 Å². The van der Waals surface area contributed by atoms with E-state index in [1.165, 1.54) is 0 Å². The van der Waals surface area contributed by atoms with Gasteiger partial charge in [-0.25, -0.2) is 15.0 Å². The lowest BCUT2D eigenvalue weighted by atomic mass is 10.5. The molecule has 2 heterocycles. The summed E-state index contributed by atoms with van der Waals surface area (Å²) in [7, 11) is 1.81. The van der Waals surface area contributed by atoms with E-state index in [-0.39, 0.29) is 5.11 Å². The minimum absolute atomic E-state index is 0.0858. The number of nitrogens with one attached hydrogen (secondary N) is 1. The van der Waals surface area contributed by atoms with Gasteiger partial charge in [0.1, 0.15) is 5.52 Å². The van der Waals surface area contributed by atoms with Crippen LogP contribution in [0.1, 0.15) is 0 Å². The largest absolute Gasteiger partial charge is 0.374 e. The van der Waals surface area contributed by atoms with Crippen molar-refractivity contribution in [3.8, 4) is 0 Å². The minimum atomic E-state index is 0.0858. The van der Waals surface area contributed by atoms with Crippen LogP contribution in [-0.2, 0) is 7.05 Å². The van der Waals surface area contributed by atoms with Gasteiger partial charge < -0.3 is 15.3 Å². The second-order valence-corrected chi connectivity index (χ2v) is 3.15. The van der Waals surface area contributed by atoms with Crippen LogP contribution in [0.2, 0.25) is 0 Å². The van der Waals surface area contributed by atoms with E-state index < -0.39 is 0 Å². The molecule has 0 aliphatic carbocycles. The molecule has 0 amide bonds. The Hall–Kier alpha value is -1.76. The Morgan fingerprint density at radius 1 is 1.64 bits per heavy atom. The summed E-state index contributed by atoms with van der Waals surface area (Å²) in [5, 5.41) is 0.0858. The third-order valence-electron chi connectivity index (χ3n) is 1.75. The molecule has 3 N–H and O–H groups in total. The molecule has 72 valence electrons. The SMILES string of the molecule is Cn1cnc2nc[nH]c2c1=NC(N)=S. The average Bonchev–Trinajstić information content (AvgIpc) is 2.57. The number of thiocarbonyl (C=S) groups is 1. The highest BCUT2D eigenvalue weighted by molar-refractivity contribution is 7.80. The Morgan fingerprint density at radius 3 is 3.14 bits per heavy atom. The van der Waals surface area contributed by atoms with E-state index in [1.54, 1.807) is 17.2 Å². The fourth-order valence-corrected chi connectivity index (χ4v) is 1.25. The number of fused-ring (bicyclic) bond motifs is 1. The fourth-order valence-electron chi connectivity index (χ4n) is 1.16. The Labute approximate surface area is 84.5 Å². The average molecular weight is 208 g/mol. The molecular weight excluding hydrogens is 200 g/mol. The molecule has 0 aliphatic heterocycles. The number of nitrogens with two attached hydrogens (primary N) is 1. The molecule has 14 heavy (non-hydrogen) atoms. The van der Waals surface area contributed by atoms with Crippen molar-refractivity contribution >= 4 is 28.5 Å². The molecule has 0 fully saturated rings. The quantitative estimate of drug-likeness (QED) is 0.568. The highest BCUT2D eigenvalue weighted by Crippen LogP contribution is 1.96.